The maximum Gasteiger partial charge on any atom is 0.251 e. The van der Waals surface area contributed by atoms with Crippen molar-refractivity contribution in [1.29, 1.82) is 0 Å². The third-order valence-electron chi connectivity index (χ3n) is 3.55. The van der Waals surface area contributed by atoms with E-state index in [0.717, 1.165) is 10.8 Å². The summed E-state index contributed by atoms with van der Waals surface area (Å²) in [5, 5.41) is 14.0. The van der Waals surface area contributed by atoms with Gasteiger partial charge in [-0.3, -0.25) is 4.79 Å². The van der Waals surface area contributed by atoms with Crippen LogP contribution in [-0.2, 0) is 0 Å². The van der Waals surface area contributed by atoms with E-state index >= 15 is 0 Å². The predicted molar refractivity (Wildman–Crippen MR) is 81.8 cm³/mol. The van der Waals surface area contributed by atoms with Crippen molar-refractivity contribution >= 4 is 16.7 Å². The predicted octanol–water partition coefficient (Wildman–Crippen LogP) is 2.98. The largest absolute Gasteiger partial charge is 0.396 e. The van der Waals surface area contributed by atoms with Crippen molar-refractivity contribution < 1.29 is 9.90 Å². The highest BCUT2D eigenvalue weighted by Gasteiger charge is 2.19. The number of amides is 1. The molecular formula is C17H21NO2. The number of carbonyl (C=O) groups excluding carboxylic acids is 1. The summed E-state index contributed by atoms with van der Waals surface area (Å²) in [5.41, 5.74) is 0.595. The van der Waals surface area contributed by atoms with Crippen molar-refractivity contribution in [3.05, 3.63) is 48.0 Å². The van der Waals surface area contributed by atoms with E-state index in [9.17, 15) is 4.79 Å². The van der Waals surface area contributed by atoms with Crippen molar-refractivity contribution in [3.63, 3.8) is 0 Å². The molecule has 0 atom stereocenters. The summed E-state index contributed by atoms with van der Waals surface area (Å²) in [6.07, 6.45) is 0.669. The molecule has 0 bridgehead atoms. The Balaban J connectivity index is 2.16. The van der Waals surface area contributed by atoms with E-state index in [2.05, 4.69) is 5.32 Å². The molecule has 0 heterocycles. The minimum atomic E-state index is -0.102. The van der Waals surface area contributed by atoms with Gasteiger partial charge in [0.05, 0.1) is 0 Å². The van der Waals surface area contributed by atoms with E-state index in [1.54, 1.807) is 0 Å². The van der Waals surface area contributed by atoms with E-state index < -0.39 is 0 Å². The minimum Gasteiger partial charge on any atom is -0.396 e. The molecule has 0 fully saturated rings. The van der Waals surface area contributed by atoms with E-state index in [1.165, 1.54) is 0 Å². The van der Waals surface area contributed by atoms with E-state index in [0.29, 0.717) is 18.5 Å². The van der Waals surface area contributed by atoms with Gasteiger partial charge in [-0.05, 0) is 28.7 Å². The molecule has 3 nitrogen and oxygen atoms in total. The van der Waals surface area contributed by atoms with Gasteiger partial charge < -0.3 is 10.4 Å². The lowest BCUT2D eigenvalue weighted by Crippen LogP contribution is -2.34. The summed E-state index contributed by atoms with van der Waals surface area (Å²) < 4.78 is 0. The minimum absolute atomic E-state index is 0.0622. The lowest BCUT2D eigenvalue weighted by atomic mass is 9.89. The van der Waals surface area contributed by atoms with E-state index in [1.807, 2.05) is 56.3 Å². The summed E-state index contributed by atoms with van der Waals surface area (Å²) in [6.45, 7) is 4.76. The molecule has 1 amide bonds. The molecule has 2 aromatic carbocycles. The summed E-state index contributed by atoms with van der Waals surface area (Å²) in [7, 11) is 0. The first-order valence-corrected chi connectivity index (χ1v) is 6.90. The lowest BCUT2D eigenvalue weighted by molar-refractivity contribution is 0.0930. The molecule has 0 aliphatic carbocycles. The summed E-state index contributed by atoms with van der Waals surface area (Å²) in [5.74, 6) is -0.0622. The average molecular weight is 271 g/mol. The molecule has 0 saturated carbocycles. The van der Waals surface area contributed by atoms with Gasteiger partial charge in [-0.15, -0.1) is 0 Å². The molecule has 0 aliphatic heterocycles. The van der Waals surface area contributed by atoms with Gasteiger partial charge in [0.1, 0.15) is 0 Å². The second-order valence-electron chi connectivity index (χ2n) is 5.85. The Labute approximate surface area is 119 Å². The first-order valence-electron chi connectivity index (χ1n) is 6.90. The lowest BCUT2D eigenvalue weighted by Gasteiger charge is -2.24. The van der Waals surface area contributed by atoms with Gasteiger partial charge in [-0.2, -0.15) is 0 Å². The van der Waals surface area contributed by atoms with Crippen molar-refractivity contribution in [3.8, 4) is 0 Å². The number of aliphatic hydroxyl groups is 1. The highest BCUT2D eigenvalue weighted by Crippen LogP contribution is 2.20. The molecule has 0 radical (unpaired) electrons. The van der Waals surface area contributed by atoms with Gasteiger partial charge >= 0.3 is 0 Å². The van der Waals surface area contributed by atoms with Gasteiger partial charge in [-0.25, -0.2) is 0 Å². The maximum absolute atomic E-state index is 12.3. The Kier molecular flexibility index (Phi) is 4.40. The molecule has 106 valence electrons. The number of carbonyl (C=O) groups is 1. The number of benzene rings is 2. The van der Waals surface area contributed by atoms with Crippen LogP contribution in [0.1, 0.15) is 30.6 Å². The Morgan fingerprint density at radius 1 is 1.15 bits per heavy atom. The number of hydrogen-bond acceptors (Lipinski definition) is 2. The fourth-order valence-electron chi connectivity index (χ4n) is 2.23. The zero-order valence-corrected chi connectivity index (χ0v) is 12.0. The first kappa shape index (κ1) is 14.5. The van der Waals surface area contributed by atoms with E-state index in [-0.39, 0.29) is 17.9 Å². The number of aliphatic hydroxyl groups excluding tert-OH is 1. The van der Waals surface area contributed by atoms with Crippen LogP contribution in [0.2, 0.25) is 0 Å². The second kappa shape index (κ2) is 6.06. The Hall–Kier alpha value is -1.87. The Morgan fingerprint density at radius 3 is 2.60 bits per heavy atom. The fourth-order valence-corrected chi connectivity index (χ4v) is 2.23. The number of rotatable bonds is 5. The van der Waals surface area contributed by atoms with Crippen LogP contribution < -0.4 is 5.32 Å². The van der Waals surface area contributed by atoms with Crippen molar-refractivity contribution in [2.24, 2.45) is 5.41 Å². The molecule has 0 aliphatic rings. The monoisotopic (exact) mass is 271 g/mol. The molecule has 2 aromatic rings. The summed E-state index contributed by atoms with van der Waals surface area (Å²) in [4.78, 5) is 12.3. The standard InChI is InChI=1S/C17H21NO2/c1-17(2,10-11-19)12-18-16(20)15-9-5-7-13-6-3-4-8-14(13)15/h3-9,19H,10-12H2,1-2H3,(H,18,20). The first-order chi connectivity index (χ1) is 9.53. The number of fused-ring (bicyclic) bond motifs is 1. The van der Waals surface area contributed by atoms with Crippen molar-refractivity contribution in [2.75, 3.05) is 13.2 Å². The van der Waals surface area contributed by atoms with Gasteiger partial charge in [0, 0.05) is 18.7 Å². The van der Waals surface area contributed by atoms with Crippen LogP contribution in [0.4, 0.5) is 0 Å². The van der Waals surface area contributed by atoms with Gasteiger partial charge in [0.2, 0.25) is 0 Å². The third-order valence-corrected chi connectivity index (χ3v) is 3.55. The van der Waals surface area contributed by atoms with Crippen LogP contribution in [0.5, 0.6) is 0 Å². The average Bonchev–Trinajstić information content (AvgIpc) is 2.44. The topological polar surface area (TPSA) is 49.3 Å². The highest BCUT2D eigenvalue weighted by molar-refractivity contribution is 6.06. The van der Waals surface area contributed by atoms with Crippen LogP contribution >= 0.6 is 0 Å². The zero-order valence-electron chi connectivity index (χ0n) is 12.0. The molecule has 0 spiro atoms. The van der Waals surface area contributed by atoms with Gasteiger partial charge in [0.15, 0.2) is 0 Å². The normalized spacial score (nSPS) is 11.6. The molecule has 0 unspecified atom stereocenters. The second-order valence-corrected chi connectivity index (χ2v) is 5.85. The fraction of sp³-hybridized carbons (Fsp3) is 0.353. The Bertz CT molecular complexity index is 599. The smallest absolute Gasteiger partial charge is 0.251 e. The van der Waals surface area contributed by atoms with Crippen molar-refractivity contribution in [1.82, 2.24) is 5.32 Å². The van der Waals surface area contributed by atoms with E-state index in [4.69, 9.17) is 5.11 Å². The van der Waals surface area contributed by atoms with Crippen molar-refractivity contribution in [2.45, 2.75) is 20.3 Å². The van der Waals surface area contributed by atoms with Crippen LogP contribution in [-0.4, -0.2) is 24.2 Å². The number of hydrogen-bond donors (Lipinski definition) is 2. The van der Waals surface area contributed by atoms with Gasteiger partial charge in [-0.1, -0.05) is 50.2 Å². The molecule has 0 saturated heterocycles. The molecule has 2 N–H and O–H groups in total. The molecule has 2 rings (SSSR count). The highest BCUT2D eigenvalue weighted by atomic mass is 16.3. The third kappa shape index (κ3) is 3.36. The maximum atomic E-state index is 12.3. The van der Waals surface area contributed by atoms with Gasteiger partial charge in [0.25, 0.3) is 5.91 Å². The van der Waals surface area contributed by atoms with Crippen LogP contribution in [0.15, 0.2) is 42.5 Å². The zero-order chi connectivity index (χ0) is 14.6. The summed E-state index contributed by atoms with van der Waals surface area (Å²) in [6, 6.07) is 13.6. The Morgan fingerprint density at radius 2 is 1.85 bits per heavy atom. The molecular weight excluding hydrogens is 250 g/mol. The molecule has 0 aromatic heterocycles. The number of nitrogens with one attached hydrogen (secondary N) is 1. The van der Waals surface area contributed by atoms with Crippen LogP contribution in [0.25, 0.3) is 10.8 Å². The van der Waals surface area contributed by atoms with Crippen LogP contribution in [0, 0.1) is 5.41 Å². The molecule has 20 heavy (non-hydrogen) atoms. The molecule has 3 heteroatoms. The SMILES string of the molecule is CC(C)(CCO)CNC(=O)c1cccc2ccccc12. The van der Waals surface area contributed by atoms with Crippen LogP contribution in [0.3, 0.4) is 0 Å². The summed E-state index contributed by atoms with van der Waals surface area (Å²) >= 11 is 0. The quantitative estimate of drug-likeness (QED) is 0.878.